The smallest absolute Gasteiger partial charge is 0.317 e. The van der Waals surface area contributed by atoms with Crippen molar-refractivity contribution in [1.29, 1.82) is 0 Å². The average molecular weight is 281 g/mol. The average Bonchev–Trinajstić information content (AvgIpc) is 2.88. The van der Waals surface area contributed by atoms with E-state index < -0.39 is 0 Å². The molecule has 104 valence electrons. The van der Waals surface area contributed by atoms with Gasteiger partial charge in [0.15, 0.2) is 0 Å². The number of amides is 3. The predicted molar refractivity (Wildman–Crippen MR) is 75.0 cm³/mol. The number of nitrogens with zero attached hydrogens (tertiary/aromatic N) is 1. The molecule has 1 aliphatic heterocycles. The molecule has 0 radical (unpaired) electrons. The number of urea groups is 1. The molecule has 1 aliphatic rings. The minimum atomic E-state index is -0.0544. The highest BCUT2D eigenvalue weighted by atomic mass is 32.1. The molecule has 19 heavy (non-hydrogen) atoms. The Morgan fingerprint density at radius 3 is 3.05 bits per heavy atom. The van der Waals surface area contributed by atoms with Gasteiger partial charge in [-0.15, -0.1) is 0 Å². The molecular weight excluding hydrogens is 262 g/mol. The lowest BCUT2D eigenvalue weighted by Crippen LogP contribution is -2.51. The van der Waals surface area contributed by atoms with Crippen molar-refractivity contribution in [2.24, 2.45) is 0 Å². The Balaban J connectivity index is 1.79. The van der Waals surface area contributed by atoms with Crippen LogP contribution >= 0.6 is 11.3 Å². The second kappa shape index (κ2) is 6.56. The fraction of sp³-hybridized carbons (Fsp3) is 0.538. The number of nitrogens with one attached hydrogen (secondary N) is 2. The summed E-state index contributed by atoms with van der Waals surface area (Å²) in [6, 6.07) is 2.03. The largest absolute Gasteiger partial charge is 0.352 e. The first-order valence-corrected chi connectivity index (χ1v) is 7.40. The lowest BCUT2D eigenvalue weighted by Gasteiger charge is -2.33. The van der Waals surface area contributed by atoms with E-state index in [1.165, 1.54) is 6.92 Å². The number of piperidine rings is 1. The van der Waals surface area contributed by atoms with Crippen LogP contribution < -0.4 is 10.6 Å². The molecule has 0 aliphatic carbocycles. The first-order valence-electron chi connectivity index (χ1n) is 6.46. The van der Waals surface area contributed by atoms with Gasteiger partial charge in [-0.1, -0.05) is 0 Å². The van der Waals surface area contributed by atoms with Crippen LogP contribution in [0.25, 0.3) is 0 Å². The second-order valence-corrected chi connectivity index (χ2v) is 5.56. The molecule has 0 saturated carbocycles. The van der Waals surface area contributed by atoms with E-state index in [-0.39, 0.29) is 18.0 Å². The quantitative estimate of drug-likeness (QED) is 0.883. The van der Waals surface area contributed by atoms with Crippen molar-refractivity contribution >= 4 is 23.3 Å². The summed E-state index contributed by atoms with van der Waals surface area (Å²) < 4.78 is 0. The number of hydrogen-bond acceptors (Lipinski definition) is 3. The van der Waals surface area contributed by atoms with Gasteiger partial charge in [-0.05, 0) is 35.2 Å². The molecule has 0 unspecified atom stereocenters. The Morgan fingerprint density at radius 2 is 2.37 bits per heavy atom. The Bertz CT molecular complexity index is 433. The third-order valence-corrected chi connectivity index (χ3v) is 3.87. The lowest BCUT2D eigenvalue weighted by molar-refractivity contribution is -0.119. The predicted octanol–water partition coefficient (Wildman–Crippen LogP) is 1.56. The van der Waals surface area contributed by atoms with Crippen LogP contribution in [0.5, 0.6) is 0 Å². The molecular formula is C13H19N3O2S. The van der Waals surface area contributed by atoms with Gasteiger partial charge in [-0.25, -0.2) is 4.79 Å². The number of hydrogen-bond donors (Lipinski definition) is 2. The Labute approximate surface area is 117 Å². The molecule has 2 N–H and O–H groups in total. The minimum Gasteiger partial charge on any atom is -0.352 e. The Morgan fingerprint density at radius 1 is 1.53 bits per heavy atom. The van der Waals surface area contributed by atoms with E-state index in [1.807, 2.05) is 16.8 Å². The molecule has 6 heteroatoms. The van der Waals surface area contributed by atoms with E-state index in [1.54, 1.807) is 16.2 Å². The number of thiophene rings is 1. The Hall–Kier alpha value is -1.56. The van der Waals surface area contributed by atoms with Crippen LogP contribution in [0.2, 0.25) is 0 Å². The minimum absolute atomic E-state index is 0.0365. The van der Waals surface area contributed by atoms with E-state index in [4.69, 9.17) is 0 Å². The van der Waals surface area contributed by atoms with Gasteiger partial charge in [-0.2, -0.15) is 11.3 Å². The van der Waals surface area contributed by atoms with Crippen molar-refractivity contribution in [2.75, 3.05) is 13.1 Å². The fourth-order valence-electron chi connectivity index (χ4n) is 2.25. The van der Waals surface area contributed by atoms with E-state index in [2.05, 4.69) is 10.6 Å². The zero-order chi connectivity index (χ0) is 13.7. The summed E-state index contributed by atoms with van der Waals surface area (Å²) in [4.78, 5) is 24.8. The summed E-state index contributed by atoms with van der Waals surface area (Å²) in [5.74, 6) is -0.0365. The van der Waals surface area contributed by atoms with Crippen molar-refractivity contribution in [1.82, 2.24) is 15.5 Å². The topological polar surface area (TPSA) is 61.4 Å². The van der Waals surface area contributed by atoms with E-state index in [0.717, 1.165) is 24.9 Å². The highest BCUT2D eigenvalue weighted by Gasteiger charge is 2.23. The van der Waals surface area contributed by atoms with Gasteiger partial charge in [0.05, 0.1) is 0 Å². The zero-order valence-corrected chi connectivity index (χ0v) is 11.8. The summed E-state index contributed by atoms with van der Waals surface area (Å²) >= 11 is 1.62. The highest BCUT2D eigenvalue weighted by Crippen LogP contribution is 2.11. The van der Waals surface area contributed by atoms with Gasteiger partial charge >= 0.3 is 6.03 Å². The number of rotatable bonds is 3. The first-order chi connectivity index (χ1) is 9.15. The van der Waals surface area contributed by atoms with Crippen molar-refractivity contribution in [3.63, 3.8) is 0 Å². The maximum atomic E-state index is 12.0. The van der Waals surface area contributed by atoms with E-state index >= 15 is 0 Å². The van der Waals surface area contributed by atoms with Crippen molar-refractivity contribution < 1.29 is 9.59 Å². The molecule has 1 fully saturated rings. The van der Waals surface area contributed by atoms with Crippen molar-refractivity contribution in [3.05, 3.63) is 22.4 Å². The molecule has 0 bridgehead atoms. The fourth-order valence-corrected chi connectivity index (χ4v) is 2.92. The molecule has 3 amide bonds. The maximum Gasteiger partial charge on any atom is 0.317 e. The SMILES string of the molecule is CC(=O)N[C@H]1CCCN(C(=O)NCc2ccsc2)C1. The summed E-state index contributed by atoms with van der Waals surface area (Å²) in [6.45, 7) is 3.42. The summed E-state index contributed by atoms with van der Waals surface area (Å²) in [7, 11) is 0. The lowest BCUT2D eigenvalue weighted by atomic mass is 10.1. The monoisotopic (exact) mass is 281 g/mol. The normalized spacial score (nSPS) is 19.0. The summed E-state index contributed by atoms with van der Waals surface area (Å²) in [5, 5.41) is 9.81. The van der Waals surface area contributed by atoms with Crippen LogP contribution in [0.4, 0.5) is 4.79 Å². The van der Waals surface area contributed by atoms with E-state index in [9.17, 15) is 9.59 Å². The van der Waals surface area contributed by atoms with Crippen molar-refractivity contribution in [3.8, 4) is 0 Å². The first kappa shape index (κ1) is 13.9. The van der Waals surface area contributed by atoms with Gasteiger partial charge < -0.3 is 15.5 Å². The van der Waals surface area contributed by atoms with Gasteiger partial charge in [0.1, 0.15) is 0 Å². The highest BCUT2D eigenvalue weighted by molar-refractivity contribution is 7.07. The standard InChI is InChI=1S/C13H19N3O2S/c1-10(17)15-12-3-2-5-16(8-12)13(18)14-7-11-4-6-19-9-11/h4,6,9,12H,2-3,5,7-8H2,1H3,(H,14,18)(H,15,17)/t12-/m0/s1. The van der Waals surface area contributed by atoms with Gasteiger partial charge in [-0.3, -0.25) is 4.79 Å². The van der Waals surface area contributed by atoms with E-state index in [0.29, 0.717) is 13.1 Å². The van der Waals surface area contributed by atoms with Gasteiger partial charge in [0, 0.05) is 32.6 Å². The number of likely N-dealkylation sites (tertiary alicyclic amines) is 1. The summed E-state index contributed by atoms with van der Waals surface area (Å²) in [5.41, 5.74) is 1.12. The molecule has 2 heterocycles. The van der Waals surface area contributed by atoms with Crippen LogP contribution in [-0.4, -0.2) is 36.0 Å². The van der Waals surface area contributed by atoms with Crippen LogP contribution in [0.1, 0.15) is 25.3 Å². The van der Waals surface area contributed by atoms with Crippen LogP contribution in [-0.2, 0) is 11.3 Å². The second-order valence-electron chi connectivity index (χ2n) is 4.78. The molecule has 0 spiro atoms. The van der Waals surface area contributed by atoms with Crippen LogP contribution in [0, 0.1) is 0 Å². The third kappa shape index (κ3) is 4.24. The molecule has 5 nitrogen and oxygen atoms in total. The van der Waals surface area contributed by atoms with Crippen LogP contribution in [0.3, 0.4) is 0 Å². The third-order valence-electron chi connectivity index (χ3n) is 3.14. The summed E-state index contributed by atoms with van der Waals surface area (Å²) in [6.07, 6.45) is 1.87. The maximum absolute atomic E-state index is 12.0. The molecule has 1 aromatic rings. The van der Waals surface area contributed by atoms with Crippen molar-refractivity contribution in [2.45, 2.75) is 32.4 Å². The molecule has 1 aromatic heterocycles. The number of carbonyl (C=O) groups excluding carboxylic acids is 2. The molecule has 2 rings (SSSR count). The molecule has 1 saturated heterocycles. The van der Waals surface area contributed by atoms with Gasteiger partial charge in [0.2, 0.25) is 5.91 Å². The molecule has 0 aromatic carbocycles. The molecule has 1 atom stereocenters. The number of carbonyl (C=O) groups is 2. The Kier molecular flexibility index (Phi) is 4.79. The van der Waals surface area contributed by atoms with Gasteiger partial charge in [0.25, 0.3) is 0 Å². The van der Waals surface area contributed by atoms with Crippen LogP contribution in [0.15, 0.2) is 16.8 Å². The zero-order valence-electron chi connectivity index (χ0n) is 11.0.